The van der Waals surface area contributed by atoms with Gasteiger partial charge in [0.1, 0.15) is 23.3 Å². The molecule has 4 rings (SSSR count). The van der Waals surface area contributed by atoms with Gasteiger partial charge in [-0.1, -0.05) is 19.1 Å². The molecule has 1 aromatic heterocycles. The molecule has 34 heavy (non-hydrogen) atoms. The topological polar surface area (TPSA) is 89.0 Å². The van der Waals surface area contributed by atoms with Gasteiger partial charge in [-0.25, -0.2) is 0 Å². The van der Waals surface area contributed by atoms with E-state index < -0.39 is 17.7 Å². The van der Waals surface area contributed by atoms with Crippen molar-refractivity contribution in [3.8, 4) is 11.5 Å². The van der Waals surface area contributed by atoms with Crippen molar-refractivity contribution in [1.29, 1.82) is 0 Å². The van der Waals surface area contributed by atoms with Crippen molar-refractivity contribution in [1.82, 2.24) is 4.98 Å². The monoisotopic (exact) mass is 458 g/mol. The summed E-state index contributed by atoms with van der Waals surface area (Å²) >= 11 is 0. The zero-order chi connectivity index (χ0) is 24.2. The molecule has 0 radical (unpaired) electrons. The Morgan fingerprint density at radius 2 is 1.91 bits per heavy atom. The number of aliphatic hydroxyl groups excluding tert-OH is 1. The Balaban J connectivity index is 1.86. The van der Waals surface area contributed by atoms with Crippen LogP contribution in [0.1, 0.15) is 36.2 Å². The molecule has 0 spiro atoms. The van der Waals surface area contributed by atoms with Crippen molar-refractivity contribution in [2.24, 2.45) is 0 Å². The first-order valence-corrected chi connectivity index (χ1v) is 11.1. The number of amides is 1. The standard InChI is InChI=1S/C27H26N2O5/c1-4-14-34-22-12-11-18(15-17(22)2)25(30)23-24(21-10-5-6-13-28-21)29(27(32)26(23)31)19-8-7-9-20(16-19)33-3/h5-13,15-16,24,30H,4,14H2,1-3H3/b25-23+. The first-order chi connectivity index (χ1) is 16.5. The van der Waals surface area contributed by atoms with Crippen LogP contribution in [0, 0.1) is 6.92 Å². The molecule has 7 heteroatoms. The van der Waals surface area contributed by atoms with E-state index in [0.717, 1.165) is 12.0 Å². The van der Waals surface area contributed by atoms with Crippen molar-refractivity contribution < 1.29 is 24.2 Å². The molecule has 7 nitrogen and oxygen atoms in total. The molecule has 0 saturated carbocycles. The van der Waals surface area contributed by atoms with Crippen LogP contribution in [-0.2, 0) is 9.59 Å². The van der Waals surface area contributed by atoms with E-state index in [1.54, 1.807) is 66.9 Å². The Kier molecular flexibility index (Phi) is 6.63. The van der Waals surface area contributed by atoms with Gasteiger partial charge < -0.3 is 14.6 Å². The zero-order valence-corrected chi connectivity index (χ0v) is 19.3. The number of aromatic nitrogens is 1. The highest BCUT2D eigenvalue weighted by Crippen LogP contribution is 2.42. The lowest BCUT2D eigenvalue weighted by molar-refractivity contribution is -0.132. The summed E-state index contributed by atoms with van der Waals surface area (Å²) in [6.07, 6.45) is 2.46. The molecule has 3 aromatic rings. The molecule has 1 amide bonds. The van der Waals surface area contributed by atoms with Crippen molar-refractivity contribution in [2.45, 2.75) is 26.3 Å². The van der Waals surface area contributed by atoms with E-state index in [2.05, 4.69) is 4.98 Å². The van der Waals surface area contributed by atoms with Gasteiger partial charge >= 0.3 is 0 Å². The number of hydrogen-bond acceptors (Lipinski definition) is 6. The number of rotatable bonds is 7. The van der Waals surface area contributed by atoms with Gasteiger partial charge in [-0.15, -0.1) is 0 Å². The van der Waals surface area contributed by atoms with E-state index in [0.29, 0.717) is 35.1 Å². The Morgan fingerprint density at radius 1 is 1.09 bits per heavy atom. The lowest BCUT2D eigenvalue weighted by Crippen LogP contribution is -2.29. The molecule has 2 aromatic carbocycles. The highest BCUT2D eigenvalue weighted by Gasteiger charge is 2.47. The molecule has 1 fully saturated rings. The van der Waals surface area contributed by atoms with E-state index in [1.807, 2.05) is 13.8 Å². The van der Waals surface area contributed by atoms with E-state index in [-0.39, 0.29) is 11.3 Å². The number of hydrogen-bond donors (Lipinski definition) is 1. The van der Waals surface area contributed by atoms with Crippen LogP contribution in [0.4, 0.5) is 5.69 Å². The Bertz CT molecular complexity index is 1250. The van der Waals surface area contributed by atoms with Gasteiger partial charge in [0.2, 0.25) is 0 Å². The molecule has 0 aliphatic carbocycles. The lowest BCUT2D eigenvalue weighted by atomic mass is 9.97. The summed E-state index contributed by atoms with van der Waals surface area (Å²) in [6, 6.07) is 16.4. The zero-order valence-electron chi connectivity index (χ0n) is 19.3. The van der Waals surface area contributed by atoms with Gasteiger partial charge in [0, 0.05) is 23.5 Å². The number of aryl methyl sites for hydroxylation is 1. The molecule has 174 valence electrons. The van der Waals surface area contributed by atoms with E-state index in [4.69, 9.17) is 9.47 Å². The second kappa shape index (κ2) is 9.79. The fourth-order valence-corrected chi connectivity index (χ4v) is 4.00. The number of aliphatic hydroxyl groups is 1. The van der Waals surface area contributed by atoms with Gasteiger partial charge in [-0.05, 0) is 61.4 Å². The number of benzene rings is 2. The quantitative estimate of drug-likeness (QED) is 0.310. The smallest absolute Gasteiger partial charge is 0.300 e. The van der Waals surface area contributed by atoms with Gasteiger partial charge in [-0.3, -0.25) is 19.5 Å². The lowest BCUT2D eigenvalue weighted by Gasteiger charge is -2.25. The molecule has 1 aliphatic heterocycles. The number of pyridine rings is 1. The third-order valence-electron chi connectivity index (χ3n) is 5.65. The average molecular weight is 459 g/mol. The normalized spacial score (nSPS) is 17.1. The minimum atomic E-state index is -0.898. The summed E-state index contributed by atoms with van der Waals surface area (Å²) < 4.78 is 11.0. The second-order valence-electron chi connectivity index (χ2n) is 7.95. The number of ether oxygens (including phenoxy) is 2. The van der Waals surface area contributed by atoms with E-state index in [9.17, 15) is 14.7 Å². The maximum Gasteiger partial charge on any atom is 0.300 e. The first kappa shape index (κ1) is 23.0. The summed E-state index contributed by atoms with van der Waals surface area (Å²) in [5.41, 5.74) is 2.15. The molecule has 1 unspecified atom stereocenters. The molecule has 1 saturated heterocycles. The molecule has 1 N–H and O–H groups in total. The van der Waals surface area contributed by atoms with Crippen LogP contribution in [0.3, 0.4) is 0 Å². The Hall–Kier alpha value is -4.13. The van der Waals surface area contributed by atoms with Crippen LogP contribution in [0.15, 0.2) is 72.4 Å². The summed E-state index contributed by atoms with van der Waals surface area (Å²) in [5.74, 6) is -0.538. The van der Waals surface area contributed by atoms with E-state index >= 15 is 0 Å². The number of carbonyl (C=O) groups excluding carboxylic acids is 2. The molecule has 0 bridgehead atoms. The van der Waals surface area contributed by atoms with Crippen LogP contribution in [-0.4, -0.2) is 35.5 Å². The molecular formula is C27H26N2O5. The van der Waals surface area contributed by atoms with Crippen LogP contribution < -0.4 is 14.4 Å². The summed E-state index contributed by atoms with van der Waals surface area (Å²) in [7, 11) is 1.53. The number of Topliss-reactive ketones (excluding diaryl/α,β-unsaturated/α-hetero) is 1. The van der Waals surface area contributed by atoms with Crippen LogP contribution in [0.5, 0.6) is 11.5 Å². The summed E-state index contributed by atoms with van der Waals surface area (Å²) in [4.78, 5) is 32.2. The van der Waals surface area contributed by atoms with Crippen molar-refractivity contribution in [2.75, 3.05) is 18.6 Å². The van der Waals surface area contributed by atoms with Gasteiger partial charge in [0.05, 0.1) is 25.0 Å². The third kappa shape index (κ3) is 4.24. The van der Waals surface area contributed by atoms with E-state index in [1.165, 1.54) is 12.0 Å². The number of methoxy groups -OCH3 is 1. The highest BCUT2D eigenvalue weighted by atomic mass is 16.5. The van der Waals surface area contributed by atoms with Crippen LogP contribution in [0.2, 0.25) is 0 Å². The number of nitrogens with zero attached hydrogens (tertiary/aromatic N) is 2. The maximum atomic E-state index is 13.2. The highest BCUT2D eigenvalue weighted by molar-refractivity contribution is 6.51. The van der Waals surface area contributed by atoms with Gasteiger partial charge in [0.25, 0.3) is 11.7 Å². The minimum Gasteiger partial charge on any atom is -0.507 e. The third-order valence-corrected chi connectivity index (χ3v) is 5.65. The van der Waals surface area contributed by atoms with Gasteiger partial charge in [0.15, 0.2) is 0 Å². The molecule has 1 atom stereocenters. The number of carbonyl (C=O) groups is 2. The van der Waals surface area contributed by atoms with Crippen molar-refractivity contribution in [3.05, 3.63) is 89.3 Å². The number of anilines is 1. The number of ketones is 1. The minimum absolute atomic E-state index is 0.0202. The predicted octanol–water partition coefficient (Wildman–Crippen LogP) is 4.81. The molecule has 2 heterocycles. The Labute approximate surface area is 198 Å². The predicted molar refractivity (Wildman–Crippen MR) is 129 cm³/mol. The van der Waals surface area contributed by atoms with Crippen molar-refractivity contribution >= 4 is 23.1 Å². The summed E-state index contributed by atoms with van der Waals surface area (Å²) in [5, 5.41) is 11.3. The largest absolute Gasteiger partial charge is 0.507 e. The maximum absolute atomic E-state index is 13.2. The average Bonchev–Trinajstić information content (AvgIpc) is 3.13. The fourth-order valence-electron chi connectivity index (χ4n) is 4.00. The van der Waals surface area contributed by atoms with Crippen LogP contribution >= 0.6 is 0 Å². The molecule has 1 aliphatic rings. The van der Waals surface area contributed by atoms with Gasteiger partial charge in [-0.2, -0.15) is 0 Å². The SMILES string of the molecule is CCCOc1ccc(/C(O)=C2\C(=O)C(=O)N(c3cccc(OC)c3)C2c2ccccn2)cc1C. The van der Waals surface area contributed by atoms with Crippen LogP contribution in [0.25, 0.3) is 5.76 Å². The first-order valence-electron chi connectivity index (χ1n) is 11.1. The van der Waals surface area contributed by atoms with Crippen molar-refractivity contribution in [3.63, 3.8) is 0 Å². The summed E-state index contributed by atoms with van der Waals surface area (Å²) in [6.45, 7) is 4.47. The molecular weight excluding hydrogens is 432 g/mol. The fraction of sp³-hybridized carbons (Fsp3) is 0.222. The Morgan fingerprint density at radius 3 is 2.59 bits per heavy atom. The second-order valence-corrected chi connectivity index (χ2v) is 7.95.